The van der Waals surface area contributed by atoms with Gasteiger partial charge in [-0.15, -0.1) is 6.42 Å². The van der Waals surface area contributed by atoms with Crippen LogP contribution in [-0.2, 0) is 4.79 Å². The van der Waals surface area contributed by atoms with E-state index in [0.29, 0.717) is 6.54 Å². The van der Waals surface area contributed by atoms with E-state index in [9.17, 15) is 4.79 Å². The molecule has 0 aliphatic carbocycles. The van der Waals surface area contributed by atoms with Crippen molar-refractivity contribution in [2.75, 3.05) is 6.54 Å². The van der Waals surface area contributed by atoms with Crippen molar-refractivity contribution in [1.29, 1.82) is 0 Å². The van der Waals surface area contributed by atoms with E-state index < -0.39 is 0 Å². The molecule has 1 amide bonds. The van der Waals surface area contributed by atoms with Gasteiger partial charge in [-0.05, 0) is 19.1 Å². The number of hydrogen-bond donors (Lipinski definition) is 1. The fraction of sp³-hybridized carbons (Fsp3) is 0.385. The standard InChI is InChI=1S/C6H7N.C5H7NO.C2H6/c1-6-4-2-3-5-7-6;1-3-4-6-5(2)7;1-2/h2-5H,1H3;1H,4H2,2H3,(H,6,7);1-2H3. The van der Waals surface area contributed by atoms with E-state index in [1.807, 2.05) is 39.0 Å². The number of amides is 1. The number of terminal acetylenes is 1. The first kappa shape index (κ1) is 16.6. The number of aromatic nitrogens is 1. The Hall–Kier alpha value is -1.82. The van der Waals surface area contributed by atoms with Gasteiger partial charge in [0.2, 0.25) is 5.91 Å². The lowest BCUT2D eigenvalue weighted by atomic mass is 10.4. The Morgan fingerprint density at radius 2 is 2.12 bits per heavy atom. The van der Waals surface area contributed by atoms with Crippen LogP contribution < -0.4 is 5.32 Å². The highest BCUT2D eigenvalue weighted by Crippen LogP contribution is 1.85. The maximum atomic E-state index is 10.00. The molecule has 0 aliphatic rings. The van der Waals surface area contributed by atoms with Crippen molar-refractivity contribution in [3.8, 4) is 12.3 Å². The fourth-order valence-corrected chi connectivity index (χ4v) is 0.624. The van der Waals surface area contributed by atoms with Crippen LogP contribution in [0.3, 0.4) is 0 Å². The lowest BCUT2D eigenvalue weighted by molar-refractivity contribution is -0.118. The number of nitrogens with zero attached hydrogens (tertiary/aromatic N) is 1. The van der Waals surface area contributed by atoms with E-state index >= 15 is 0 Å². The van der Waals surface area contributed by atoms with Crippen molar-refractivity contribution in [2.45, 2.75) is 27.7 Å². The van der Waals surface area contributed by atoms with Crippen molar-refractivity contribution in [2.24, 2.45) is 0 Å². The second-order valence-electron chi connectivity index (χ2n) is 2.58. The predicted molar refractivity (Wildman–Crippen MR) is 67.8 cm³/mol. The summed E-state index contributed by atoms with van der Waals surface area (Å²) in [6.07, 6.45) is 6.60. The molecule has 0 atom stereocenters. The minimum absolute atomic E-state index is 0.0852. The normalized spacial score (nSPS) is 7.19. The van der Waals surface area contributed by atoms with E-state index in [1.165, 1.54) is 6.92 Å². The van der Waals surface area contributed by atoms with Crippen molar-refractivity contribution in [3.63, 3.8) is 0 Å². The quantitative estimate of drug-likeness (QED) is 0.737. The Morgan fingerprint density at radius 1 is 1.50 bits per heavy atom. The van der Waals surface area contributed by atoms with Gasteiger partial charge in [0.1, 0.15) is 0 Å². The monoisotopic (exact) mass is 220 g/mol. The van der Waals surface area contributed by atoms with Gasteiger partial charge in [0, 0.05) is 18.8 Å². The Balaban J connectivity index is 0. The summed E-state index contributed by atoms with van der Waals surface area (Å²) < 4.78 is 0. The van der Waals surface area contributed by atoms with Crippen LogP contribution in [0, 0.1) is 19.3 Å². The fourth-order valence-electron chi connectivity index (χ4n) is 0.624. The molecule has 1 aromatic rings. The van der Waals surface area contributed by atoms with Gasteiger partial charge in [0.25, 0.3) is 0 Å². The van der Waals surface area contributed by atoms with Crippen LogP contribution in [0.25, 0.3) is 0 Å². The Kier molecular flexibility index (Phi) is 13.7. The van der Waals surface area contributed by atoms with Gasteiger partial charge < -0.3 is 5.32 Å². The minimum atomic E-state index is -0.0852. The molecule has 3 heteroatoms. The van der Waals surface area contributed by atoms with Crippen molar-refractivity contribution in [3.05, 3.63) is 30.1 Å². The van der Waals surface area contributed by atoms with Gasteiger partial charge in [-0.2, -0.15) is 0 Å². The lowest BCUT2D eigenvalue weighted by Crippen LogP contribution is -2.19. The summed E-state index contributed by atoms with van der Waals surface area (Å²) in [5.41, 5.74) is 1.07. The molecule has 0 saturated carbocycles. The SMILES string of the molecule is C#CCNC(C)=O.CC.Cc1ccccn1. The number of pyridine rings is 1. The first-order valence-corrected chi connectivity index (χ1v) is 5.22. The molecule has 0 unspecified atom stereocenters. The van der Waals surface area contributed by atoms with Crippen LogP contribution in [-0.4, -0.2) is 17.4 Å². The van der Waals surface area contributed by atoms with E-state index in [2.05, 4.69) is 16.2 Å². The average Bonchev–Trinajstić information content (AvgIpc) is 2.31. The molecule has 1 heterocycles. The third-order valence-electron chi connectivity index (χ3n) is 1.25. The average molecular weight is 220 g/mol. The minimum Gasteiger partial charge on any atom is -0.345 e. The van der Waals surface area contributed by atoms with Gasteiger partial charge in [-0.3, -0.25) is 9.78 Å². The maximum absolute atomic E-state index is 10.00. The third-order valence-corrected chi connectivity index (χ3v) is 1.25. The zero-order valence-electron chi connectivity index (χ0n) is 10.4. The summed E-state index contributed by atoms with van der Waals surface area (Å²) in [5.74, 6) is 2.18. The molecule has 0 aliphatic heterocycles. The molecule has 0 saturated heterocycles. The molecular weight excluding hydrogens is 200 g/mol. The van der Waals surface area contributed by atoms with Crippen LogP contribution in [0.15, 0.2) is 24.4 Å². The highest BCUT2D eigenvalue weighted by molar-refractivity contribution is 5.73. The highest BCUT2D eigenvalue weighted by Gasteiger charge is 1.81. The van der Waals surface area contributed by atoms with Gasteiger partial charge >= 0.3 is 0 Å². The van der Waals surface area contributed by atoms with Crippen LogP contribution in [0.5, 0.6) is 0 Å². The lowest BCUT2D eigenvalue weighted by Gasteiger charge is -1.88. The zero-order chi connectivity index (χ0) is 12.8. The molecule has 88 valence electrons. The van der Waals surface area contributed by atoms with Gasteiger partial charge in [-0.25, -0.2) is 0 Å². The zero-order valence-corrected chi connectivity index (χ0v) is 10.4. The van der Waals surface area contributed by atoms with Crippen LogP contribution in [0.2, 0.25) is 0 Å². The van der Waals surface area contributed by atoms with Crippen LogP contribution in [0.1, 0.15) is 26.5 Å². The largest absolute Gasteiger partial charge is 0.345 e. The first-order valence-electron chi connectivity index (χ1n) is 5.22. The van der Waals surface area contributed by atoms with Gasteiger partial charge in [0.15, 0.2) is 0 Å². The molecular formula is C13H20N2O. The molecule has 0 radical (unpaired) electrons. The maximum Gasteiger partial charge on any atom is 0.217 e. The van der Waals surface area contributed by atoms with E-state index in [4.69, 9.17) is 6.42 Å². The molecule has 0 aromatic carbocycles. The second-order valence-corrected chi connectivity index (χ2v) is 2.58. The summed E-state index contributed by atoms with van der Waals surface area (Å²) in [4.78, 5) is 14.0. The van der Waals surface area contributed by atoms with Crippen LogP contribution in [0.4, 0.5) is 0 Å². The first-order chi connectivity index (χ1) is 7.66. The number of aryl methyl sites for hydroxylation is 1. The van der Waals surface area contributed by atoms with E-state index in [-0.39, 0.29) is 5.91 Å². The number of carbonyl (C=O) groups is 1. The number of carbonyl (C=O) groups excluding carboxylic acids is 1. The number of hydrogen-bond acceptors (Lipinski definition) is 2. The van der Waals surface area contributed by atoms with Crippen molar-refractivity contribution < 1.29 is 4.79 Å². The molecule has 1 aromatic heterocycles. The predicted octanol–water partition coefficient (Wildman–Crippen LogP) is 2.17. The molecule has 0 bridgehead atoms. The summed E-state index contributed by atoms with van der Waals surface area (Å²) in [6, 6.07) is 5.86. The van der Waals surface area contributed by atoms with Gasteiger partial charge in [0.05, 0.1) is 6.54 Å². The van der Waals surface area contributed by atoms with E-state index in [1.54, 1.807) is 6.20 Å². The topological polar surface area (TPSA) is 42.0 Å². The summed E-state index contributed by atoms with van der Waals surface area (Å²) in [6.45, 7) is 7.73. The summed E-state index contributed by atoms with van der Waals surface area (Å²) >= 11 is 0. The Bertz CT molecular complexity index is 301. The molecule has 16 heavy (non-hydrogen) atoms. The van der Waals surface area contributed by atoms with Crippen molar-refractivity contribution >= 4 is 5.91 Å². The number of rotatable bonds is 1. The third kappa shape index (κ3) is 14.7. The second kappa shape index (κ2) is 13.2. The Morgan fingerprint density at radius 3 is 2.31 bits per heavy atom. The van der Waals surface area contributed by atoms with Gasteiger partial charge in [-0.1, -0.05) is 25.8 Å². The van der Waals surface area contributed by atoms with Crippen molar-refractivity contribution in [1.82, 2.24) is 10.3 Å². The molecule has 1 rings (SSSR count). The molecule has 3 nitrogen and oxygen atoms in total. The summed E-state index contributed by atoms with van der Waals surface area (Å²) in [5, 5.41) is 2.42. The highest BCUT2D eigenvalue weighted by atomic mass is 16.1. The molecule has 1 N–H and O–H groups in total. The molecule has 0 spiro atoms. The number of nitrogens with one attached hydrogen (secondary N) is 1. The molecule has 0 fully saturated rings. The summed E-state index contributed by atoms with van der Waals surface area (Å²) in [7, 11) is 0. The van der Waals surface area contributed by atoms with E-state index in [0.717, 1.165) is 5.69 Å². The Labute approximate surface area is 98.3 Å². The smallest absolute Gasteiger partial charge is 0.217 e. The van der Waals surface area contributed by atoms with Crippen LogP contribution >= 0.6 is 0 Å².